The summed E-state index contributed by atoms with van der Waals surface area (Å²) in [5.74, 6) is 1.48. The second kappa shape index (κ2) is 10.6. The first-order valence-corrected chi connectivity index (χ1v) is 12.0. The van der Waals surface area contributed by atoms with Crippen LogP contribution in [0.4, 0.5) is 5.82 Å². The minimum Gasteiger partial charge on any atom is -0.493 e. The maximum Gasteiger partial charge on any atom is 0.239 e. The van der Waals surface area contributed by atoms with E-state index >= 15 is 0 Å². The number of aromatic nitrogens is 2. The highest BCUT2D eigenvalue weighted by Gasteiger charge is 2.32. The zero-order chi connectivity index (χ0) is 25.8. The molecule has 1 amide bonds. The Balaban J connectivity index is 1.46. The highest BCUT2D eigenvalue weighted by Crippen LogP contribution is 2.40. The summed E-state index contributed by atoms with van der Waals surface area (Å²) in [5.41, 5.74) is 4.38. The lowest BCUT2D eigenvalue weighted by atomic mass is 9.87. The number of rotatable bonds is 7. The van der Waals surface area contributed by atoms with Crippen molar-refractivity contribution in [2.45, 2.75) is 12.5 Å². The molecule has 0 saturated heterocycles. The molecule has 186 valence electrons. The largest absolute Gasteiger partial charge is 0.493 e. The lowest BCUT2D eigenvalue weighted by molar-refractivity contribution is -0.117. The van der Waals surface area contributed by atoms with Gasteiger partial charge < -0.3 is 14.8 Å². The summed E-state index contributed by atoms with van der Waals surface area (Å²) in [4.78, 5) is 15.5. The summed E-state index contributed by atoms with van der Waals surface area (Å²) in [5, 5.41) is 16.9. The molecule has 4 aromatic rings. The number of nitrogens with zero attached hydrogens (tertiary/aromatic N) is 4. The van der Waals surface area contributed by atoms with Gasteiger partial charge in [-0.3, -0.25) is 9.69 Å². The van der Waals surface area contributed by atoms with Gasteiger partial charge in [0.2, 0.25) is 5.91 Å². The summed E-state index contributed by atoms with van der Waals surface area (Å²) in [6, 6.07) is 25.5. The van der Waals surface area contributed by atoms with Gasteiger partial charge in [-0.2, -0.15) is 10.4 Å². The Morgan fingerprint density at radius 2 is 1.73 bits per heavy atom. The van der Waals surface area contributed by atoms with Crippen molar-refractivity contribution in [3.8, 4) is 23.3 Å². The highest BCUT2D eigenvalue weighted by atomic mass is 16.5. The van der Waals surface area contributed by atoms with Gasteiger partial charge in [0.15, 0.2) is 17.3 Å². The lowest BCUT2D eigenvalue weighted by Crippen LogP contribution is -2.41. The zero-order valence-electron chi connectivity index (χ0n) is 20.7. The second-order valence-electron chi connectivity index (χ2n) is 8.75. The van der Waals surface area contributed by atoms with E-state index < -0.39 is 0 Å². The number of para-hydroxylation sites is 1. The maximum atomic E-state index is 13.4. The van der Waals surface area contributed by atoms with E-state index in [1.54, 1.807) is 18.9 Å². The van der Waals surface area contributed by atoms with Gasteiger partial charge in [-0.25, -0.2) is 4.68 Å². The number of methoxy groups -OCH3 is 2. The second-order valence-corrected chi connectivity index (χ2v) is 8.75. The van der Waals surface area contributed by atoms with E-state index in [0.29, 0.717) is 29.4 Å². The number of anilines is 1. The first-order chi connectivity index (χ1) is 18.1. The number of nitrogens with one attached hydrogen (secondary N) is 1. The molecule has 0 spiro atoms. The van der Waals surface area contributed by atoms with Gasteiger partial charge in [-0.15, -0.1) is 0 Å². The van der Waals surface area contributed by atoms with Crippen molar-refractivity contribution in [3.63, 3.8) is 0 Å². The predicted molar refractivity (Wildman–Crippen MR) is 140 cm³/mol. The number of fused-ring (bicyclic) bond motifs is 1. The summed E-state index contributed by atoms with van der Waals surface area (Å²) in [6.45, 7) is 0.816. The standard InChI is InChI=1S/C29H27N5O3/c1-36-25-15-21-13-14-33(28(20-9-5-3-6-10-20)24(21)16-26(25)37-2)19-27(35)32-29-22(17-30)18-31-34(29)23-11-7-4-8-12-23/h3-12,15-16,18,28H,13-14,19H2,1-2H3,(H,32,35). The molecule has 0 fully saturated rings. The number of ether oxygens (including phenoxy) is 2. The topological polar surface area (TPSA) is 92.4 Å². The summed E-state index contributed by atoms with van der Waals surface area (Å²) in [7, 11) is 3.26. The molecular weight excluding hydrogens is 466 g/mol. The fourth-order valence-electron chi connectivity index (χ4n) is 4.87. The number of benzene rings is 3. The summed E-state index contributed by atoms with van der Waals surface area (Å²) < 4.78 is 12.7. The molecular formula is C29H27N5O3. The lowest BCUT2D eigenvalue weighted by Gasteiger charge is -2.37. The Bertz CT molecular complexity index is 1440. The number of hydrogen-bond acceptors (Lipinski definition) is 6. The van der Waals surface area contributed by atoms with Crippen LogP contribution in [0.2, 0.25) is 0 Å². The number of nitriles is 1. The number of amides is 1. The Morgan fingerprint density at radius 1 is 1.05 bits per heavy atom. The van der Waals surface area contributed by atoms with Gasteiger partial charge in [0.1, 0.15) is 11.6 Å². The average molecular weight is 494 g/mol. The van der Waals surface area contributed by atoms with Crippen LogP contribution in [0.15, 0.2) is 79.0 Å². The fraction of sp³-hybridized carbons (Fsp3) is 0.207. The molecule has 0 saturated carbocycles. The zero-order valence-corrected chi connectivity index (χ0v) is 20.7. The van der Waals surface area contributed by atoms with Crippen LogP contribution in [0, 0.1) is 11.3 Å². The van der Waals surface area contributed by atoms with Gasteiger partial charge in [0, 0.05) is 6.54 Å². The maximum absolute atomic E-state index is 13.4. The van der Waals surface area contributed by atoms with Gasteiger partial charge in [-0.05, 0) is 47.4 Å². The third kappa shape index (κ3) is 4.77. The Labute approximate surface area is 215 Å². The van der Waals surface area contributed by atoms with Crippen LogP contribution < -0.4 is 14.8 Å². The predicted octanol–water partition coefficient (Wildman–Crippen LogP) is 4.35. The van der Waals surface area contributed by atoms with Crippen LogP contribution in [0.25, 0.3) is 5.69 Å². The van der Waals surface area contributed by atoms with E-state index in [0.717, 1.165) is 28.8 Å². The smallest absolute Gasteiger partial charge is 0.239 e. The van der Waals surface area contributed by atoms with Crippen LogP contribution in [-0.2, 0) is 11.2 Å². The first-order valence-electron chi connectivity index (χ1n) is 12.0. The molecule has 1 aliphatic heterocycles. The summed E-state index contributed by atoms with van der Waals surface area (Å²) in [6.07, 6.45) is 2.23. The molecule has 1 aliphatic rings. The number of carbonyl (C=O) groups excluding carboxylic acids is 1. The van der Waals surface area contributed by atoms with E-state index in [1.165, 1.54) is 6.20 Å². The van der Waals surface area contributed by atoms with Gasteiger partial charge in [0.05, 0.1) is 38.7 Å². The van der Waals surface area contributed by atoms with Crippen LogP contribution >= 0.6 is 0 Å². The van der Waals surface area contributed by atoms with E-state index in [1.807, 2.05) is 60.7 Å². The third-order valence-corrected chi connectivity index (χ3v) is 6.58. The molecule has 1 aromatic heterocycles. The third-order valence-electron chi connectivity index (χ3n) is 6.58. The fourth-order valence-corrected chi connectivity index (χ4v) is 4.87. The number of carbonyl (C=O) groups is 1. The molecule has 0 radical (unpaired) electrons. The molecule has 0 bridgehead atoms. The quantitative estimate of drug-likeness (QED) is 0.412. The van der Waals surface area contributed by atoms with Gasteiger partial charge in [0.25, 0.3) is 0 Å². The van der Waals surface area contributed by atoms with Crippen LogP contribution in [0.5, 0.6) is 11.5 Å². The Morgan fingerprint density at radius 3 is 2.41 bits per heavy atom. The van der Waals surface area contributed by atoms with Crippen molar-refractivity contribution in [1.29, 1.82) is 5.26 Å². The molecule has 37 heavy (non-hydrogen) atoms. The molecule has 1 unspecified atom stereocenters. The molecule has 3 aromatic carbocycles. The summed E-state index contributed by atoms with van der Waals surface area (Å²) >= 11 is 0. The Hall–Kier alpha value is -4.61. The normalized spacial score (nSPS) is 14.9. The molecule has 1 atom stereocenters. The monoisotopic (exact) mass is 493 g/mol. The molecule has 5 rings (SSSR count). The number of hydrogen-bond donors (Lipinski definition) is 1. The highest BCUT2D eigenvalue weighted by molar-refractivity contribution is 5.93. The Kier molecular flexibility index (Phi) is 6.88. The van der Waals surface area contributed by atoms with Crippen molar-refractivity contribution in [3.05, 3.63) is 101 Å². The van der Waals surface area contributed by atoms with Gasteiger partial charge in [-0.1, -0.05) is 48.5 Å². The first kappa shape index (κ1) is 24.1. The SMILES string of the molecule is COc1cc2c(cc1OC)C(c1ccccc1)N(CC(=O)Nc1c(C#N)cnn1-c1ccccc1)CC2. The molecule has 8 nitrogen and oxygen atoms in total. The van der Waals surface area contributed by atoms with Crippen LogP contribution in [0.1, 0.15) is 28.3 Å². The molecule has 2 heterocycles. The van der Waals surface area contributed by atoms with Crippen molar-refractivity contribution >= 4 is 11.7 Å². The van der Waals surface area contributed by atoms with Crippen molar-refractivity contribution in [2.24, 2.45) is 0 Å². The molecule has 1 N–H and O–H groups in total. The molecule has 0 aliphatic carbocycles. The minimum absolute atomic E-state index is 0.137. The van der Waals surface area contributed by atoms with Crippen molar-refractivity contribution < 1.29 is 14.3 Å². The van der Waals surface area contributed by atoms with Crippen molar-refractivity contribution in [2.75, 3.05) is 32.6 Å². The van der Waals surface area contributed by atoms with Crippen LogP contribution in [-0.4, -0.2) is 47.9 Å². The van der Waals surface area contributed by atoms with E-state index in [-0.39, 0.29) is 18.5 Å². The van der Waals surface area contributed by atoms with Crippen LogP contribution in [0.3, 0.4) is 0 Å². The van der Waals surface area contributed by atoms with Crippen molar-refractivity contribution in [1.82, 2.24) is 14.7 Å². The van der Waals surface area contributed by atoms with Gasteiger partial charge >= 0.3 is 0 Å². The minimum atomic E-state index is -0.223. The molecule has 8 heteroatoms. The van der Waals surface area contributed by atoms with E-state index in [4.69, 9.17) is 9.47 Å². The average Bonchev–Trinajstić information content (AvgIpc) is 3.35. The van der Waals surface area contributed by atoms with E-state index in [2.05, 4.69) is 33.5 Å². The van der Waals surface area contributed by atoms with E-state index in [9.17, 15) is 10.1 Å².